The molecule has 0 spiro atoms. The first-order valence-corrected chi connectivity index (χ1v) is 4.53. The second-order valence-electron chi connectivity index (χ2n) is 1.97. The molecule has 0 saturated carbocycles. The van der Waals surface area contributed by atoms with Crippen LogP contribution in [0.15, 0.2) is 4.52 Å². The second kappa shape index (κ2) is 4.12. The van der Waals surface area contributed by atoms with Gasteiger partial charge in [-0.2, -0.15) is 5.26 Å². The summed E-state index contributed by atoms with van der Waals surface area (Å²) in [4.78, 5) is 0. The minimum Gasteiger partial charge on any atom is -0.476 e. The Hall–Kier alpha value is -1.02. The maximum Gasteiger partial charge on any atom is 0.259 e. The number of ether oxygens (including phenoxy) is 1. The van der Waals surface area contributed by atoms with Crippen molar-refractivity contribution in [2.24, 2.45) is 0 Å². The number of nitrogens with zero attached hydrogens (tertiary/aromatic N) is 2. The molecular formula is C7H7BrN2O2. The molecule has 0 saturated heterocycles. The van der Waals surface area contributed by atoms with Crippen molar-refractivity contribution in [3.8, 4) is 11.9 Å². The first-order valence-electron chi connectivity index (χ1n) is 3.40. The van der Waals surface area contributed by atoms with Gasteiger partial charge in [-0.1, -0.05) is 15.9 Å². The first kappa shape index (κ1) is 9.07. The lowest BCUT2D eigenvalue weighted by molar-refractivity contribution is 0.292. The van der Waals surface area contributed by atoms with Crippen LogP contribution < -0.4 is 4.74 Å². The quantitative estimate of drug-likeness (QED) is 0.744. The van der Waals surface area contributed by atoms with E-state index in [9.17, 15) is 0 Å². The van der Waals surface area contributed by atoms with E-state index >= 15 is 0 Å². The Balaban J connectivity index is 2.98. The third-order valence-corrected chi connectivity index (χ3v) is 1.83. The molecule has 64 valence electrons. The molecule has 0 fully saturated rings. The number of hydrogen-bond acceptors (Lipinski definition) is 4. The zero-order chi connectivity index (χ0) is 8.97. The van der Waals surface area contributed by atoms with Gasteiger partial charge in [-0.05, 0) is 12.1 Å². The summed E-state index contributed by atoms with van der Waals surface area (Å²) in [6, 6.07) is 1.89. The van der Waals surface area contributed by atoms with Crippen molar-refractivity contribution in [1.29, 1.82) is 5.26 Å². The zero-order valence-electron chi connectivity index (χ0n) is 6.50. The lowest BCUT2D eigenvalue weighted by atomic mass is 10.3. The van der Waals surface area contributed by atoms with E-state index in [1.54, 1.807) is 0 Å². The summed E-state index contributed by atoms with van der Waals surface area (Å²) in [6.07, 6.45) is 0. The molecule has 0 amide bonds. The number of hydrogen-bond donors (Lipinski definition) is 0. The van der Waals surface area contributed by atoms with Crippen molar-refractivity contribution < 1.29 is 9.26 Å². The highest BCUT2D eigenvalue weighted by molar-refractivity contribution is 9.08. The molecular weight excluding hydrogens is 224 g/mol. The van der Waals surface area contributed by atoms with Crippen molar-refractivity contribution in [2.45, 2.75) is 12.3 Å². The van der Waals surface area contributed by atoms with Gasteiger partial charge in [0.05, 0.1) is 12.2 Å². The lowest BCUT2D eigenvalue weighted by Gasteiger charge is -1.96. The SMILES string of the molecule is CCOc1noc(C#N)c1CBr. The van der Waals surface area contributed by atoms with Crippen LogP contribution in [0.3, 0.4) is 0 Å². The van der Waals surface area contributed by atoms with Crippen LogP contribution >= 0.6 is 15.9 Å². The van der Waals surface area contributed by atoms with Crippen LogP contribution in [0.25, 0.3) is 0 Å². The molecule has 1 aromatic rings. The molecule has 5 heteroatoms. The van der Waals surface area contributed by atoms with Gasteiger partial charge in [-0.25, -0.2) is 0 Å². The van der Waals surface area contributed by atoms with E-state index in [1.165, 1.54) is 0 Å². The summed E-state index contributed by atoms with van der Waals surface area (Å²) in [5.74, 6) is 0.598. The third-order valence-electron chi connectivity index (χ3n) is 1.27. The normalized spacial score (nSPS) is 9.42. The summed E-state index contributed by atoms with van der Waals surface area (Å²) >= 11 is 3.22. The lowest BCUT2D eigenvalue weighted by Crippen LogP contribution is -1.94. The Morgan fingerprint density at radius 3 is 3.00 bits per heavy atom. The van der Waals surface area contributed by atoms with Crippen LogP contribution in [-0.2, 0) is 5.33 Å². The summed E-state index contributed by atoms with van der Waals surface area (Å²) in [5, 5.41) is 12.7. The van der Waals surface area contributed by atoms with E-state index in [0.29, 0.717) is 23.4 Å². The molecule has 0 radical (unpaired) electrons. The Kier molecular flexibility index (Phi) is 3.11. The predicted octanol–water partition coefficient (Wildman–Crippen LogP) is 1.84. The standard InChI is InChI=1S/C7H7BrN2O2/c1-2-11-7-5(3-8)6(4-9)12-10-7/h2-3H2,1H3. The molecule has 1 aromatic heterocycles. The van der Waals surface area contributed by atoms with Gasteiger partial charge in [-0.3, -0.25) is 0 Å². The van der Waals surface area contributed by atoms with Gasteiger partial charge < -0.3 is 9.26 Å². The maximum atomic E-state index is 8.57. The van der Waals surface area contributed by atoms with E-state index in [1.807, 2.05) is 13.0 Å². The Morgan fingerprint density at radius 1 is 1.75 bits per heavy atom. The van der Waals surface area contributed by atoms with Crippen LogP contribution in [0.5, 0.6) is 5.88 Å². The van der Waals surface area contributed by atoms with Crippen LogP contribution in [0.2, 0.25) is 0 Å². The Labute approximate surface area is 78.2 Å². The van der Waals surface area contributed by atoms with E-state index in [0.717, 1.165) is 0 Å². The van der Waals surface area contributed by atoms with Crippen LogP contribution in [0.4, 0.5) is 0 Å². The summed E-state index contributed by atoms with van der Waals surface area (Å²) < 4.78 is 9.85. The van der Waals surface area contributed by atoms with Gasteiger partial charge in [0.25, 0.3) is 5.88 Å². The molecule has 0 aliphatic rings. The third kappa shape index (κ3) is 1.59. The van der Waals surface area contributed by atoms with Crippen LogP contribution in [0.1, 0.15) is 18.2 Å². The molecule has 12 heavy (non-hydrogen) atoms. The van der Waals surface area contributed by atoms with Gasteiger partial charge in [0.1, 0.15) is 6.07 Å². The molecule has 0 aliphatic heterocycles. The highest BCUT2D eigenvalue weighted by Crippen LogP contribution is 2.23. The van der Waals surface area contributed by atoms with Gasteiger partial charge in [0.2, 0.25) is 5.76 Å². The molecule has 0 N–H and O–H groups in total. The fraction of sp³-hybridized carbons (Fsp3) is 0.429. The average Bonchev–Trinajstić information content (AvgIpc) is 2.47. The number of halogens is 1. The minimum atomic E-state index is 0.204. The van der Waals surface area contributed by atoms with Crippen molar-refractivity contribution >= 4 is 15.9 Å². The van der Waals surface area contributed by atoms with Crippen LogP contribution in [-0.4, -0.2) is 11.8 Å². The smallest absolute Gasteiger partial charge is 0.259 e. The summed E-state index contributed by atoms with van der Waals surface area (Å²) in [6.45, 7) is 2.36. The summed E-state index contributed by atoms with van der Waals surface area (Å²) in [7, 11) is 0. The van der Waals surface area contributed by atoms with Crippen LogP contribution in [0, 0.1) is 11.3 Å². The van der Waals surface area contributed by atoms with Gasteiger partial charge >= 0.3 is 0 Å². The average molecular weight is 231 g/mol. The molecule has 4 nitrogen and oxygen atoms in total. The highest BCUT2D eigenvalue weighted by Gasteiger charge is 2.14. The highest BCUT2D eigenvalue weighted by atomic mass is 79.9. The topological polar surface area (TPSA) is 59.1 Å². The van der Waals surface area contributed by atoms with Crippen molar-refractivity contribution in [1.82, 2.24) is 5.16 Å². The first-order chi connectivity index (χ1) is 5.83. The van der Waals surface area contributed by atoms with Crippen molar-refractivity contribution in [3.05, 3.63) is 11.3 Å². The van der Waals surface area contributed by atoms with E-state index < -0.39 is 0 Å². The number of rotatable bonds is 3. The predicted molar refractivity (Wildman–Crippen MR) is 45.0 cm³/mol. The van der Waals surface area contributed by atoms with Crippen molar-refractivity contribution in [2.75, 3.05) is 6.61 Å². The molecule has 0 unspecified atom stereocenters. The van der Waals surface area contributed by atoms with Gasteiger partial charge in [0.15, 0.2) is 0 Å². The zero-order valence-corrected chi connectivity index (χ0v) is 8.09. The summed E-state index contributed by atoms with van der Waals surface area (Å²) in [5.41, 5.74) is 0.666. The molecule has 1 rings (SSSR count). The fourth-order valence-electron chi connectivity index (χ4n) is 0.750. The van der Waals surface area contributed by atoms with Gasteiger partial charge in [-0.15, -0.1) is 0 Å². The largest absolute Gasteiger partial charge is 0.476 e. The maximum absolute atomic E-state index is 8.57. The number of aromatic nitrogens is 1. The molecule has 0 aromatic carbocycles. The number of alkyl halides is 1. The Morgan fingerprint density at radius 2 is 2.50 bits per heavy atom. The molecule has 0 aliphatic carbocycles. The monoisotopic (exact) mass is 230 g/mol. The van der Waals surface area contributed by atoms with Gasteiger partial charge in [0, 0.05) is 5.33 Å². The van der Waals surface area contributed by atoms with E-state index in [4.69, 9.17) is 14.5 Å². The van der Waals surface area contributed by atoms with Crippen molar-refractivity contribution in [3.63, 3.8) is 0 Å². The fourth-order valence-corrected chi connectivity index (χ4v) is 1.24. The van der Waals surface area contributed by atoms with E-state index in [2.05, 4.69) is 21.1 Å². The molecule has 0 atom stereocenters. The van der Waals surface area contributed by atoms with E-state index in [-0.39, 0.29) is 5.76 Å². The Bertz CT molecular complexity index is 303. The second-order valence-corrected chi connectivity index (χ2v) is 2.53. The molecule has 1 heterocycles. The number of nitriles is 1. The molecule has 0 bridgehead atoms. The minimum absolute atomic E-state index is 0.204.